The summed E-state index contributed by atoms with van der Waals surface area (Å²) in [6, 6.07) is 0. The topological polar surface area (TPSA) is 118 Å². The predicted molar refractivity (Wildman–Crippen MR) is 41.3 cm³/mol. The molecule has 0 amide bonds. The van der Waals surface area contributed by atoms with Gasteiger partial charge < -0.3 is 14.5 Å². The molecule has 0 aliphatic rings. The van der Waals surface area contributed by atoms with Gasteiger partial charge in [-0.05, 0) is 13.0 Å². The molecule has 0 aliphatic heterocycles. The molecule has 6 nitrogen and oxygen atoms in total. The van der Waals surface area contributed by atoms with Gasteiger partial charge in [0.1, 0.15) is 0 Å². The number of carboxylic acid groups (broad SMARTS) is 1. The molecule has 0 rings (SSSR count). The summed E-state index contributed by atoms with van der Waals surface area (Å²) in [6.07, 6.45) is 5.74. The Labute approximate surface area is 174 Å². The fraction of sp³-hybridized carbons (Fsp3) is 0.167. The fourth-order valence-corrected chi connectivity index (χ4v) is 0.245. The summed E-state index contributed by atoms with van der Waals surface area (Å²) in [6.45, 7) is 1.81. The SMILES string of the molecule is CC=CC=CC(=O)[O-].O=S(=O)([O-])O.[K+].[K+]. The summed E-state index contributed by atoms with van der Waals surface area (Å²) in [7, 11) is -4.92. The molecule has 0 radical (unpaired) electrons. The smallest absolute Gasteiger partial charge is 0.726 e. The zero-order valence-electron chi connectivity index (χ0n) is 8.71. The first-order chi connectivity index (χ1) is 5.77. The van der Waals surface area contributed by atoms with Crippen LogP contribution in [0.25, 0.3) is 0 Å². The van der Waals surface area contributed by atoms with Crippen LogP contribution in [-0.4, -0.2) is 23.5 Å². The molecule has 1 N–H and O–H groups in total. The molecule has 0 aromatic heterocycles. The normalized spacial score (nSPS) is 9.80. The van der Waals surface area contributed by atoms with E-state index in [0.29, 0.717) is 0 Å². The second kappa shape index (κ2) is 16.1. The molecule has 0 atom stereocenters. The number of allylic oxidation sites excluding steroid dienone is 3. The third kappa shape index (κ3) is 63.5. The number of rotatable bonds is 2. The second-order valence-electron chi connectivity index (χ2n) is 1.63. The summed E-state index contributed by atoms with van der Waals surface area (Å²) >= 11 is 0. The number of hydrogen-bond donors (Lipinski definition) is 1. The number of hydrogen-bond acceptors (Lipinski definition) is 5. The zero-order valence-corrected chi connectivity index (χ0v) is 15.8. The van der Waals surface area contributed by atoms with Crippen molar-refractivity contribution < 1.29 is 130 Å². The maximum absolute atomic E-state index is 9.64. The van der Waals surface area contributed by atoms with Crippen LogP contribution in [0.5, 0.6) is 0 Å². The predicted octanol–water partition coefficient (Wildman–Crippen LogP) is -7.12. The molecule has 0 aromatic carbocycles. The zero-order chi connectivity index (χ0) is 10.9. The van der Waals surface area contributed by atoms with E-state index in [0.717, 1.165) is 6.08 Å². The van der Waals surface area contributed by atoms with Gasteiger partial charge in [-0.2, -0.15) is 0 Å². The van der Waals surface area contributed by atoms with E-state index in [2.05, 4.69) is 0 Å². The van der Waals surface area contributed by atoms with Gasteiger partial charge in [0.2, 0.25) is 10.4 Å². The molecule has 0 aliphatic carbocycles. The van der Waals surface area contributed by atoms with Crippen LogP contribution in [0.1, 0.15) is 6.92 Å². The van der Waals surface area contributed by atoms with Crippen molar-refractivity contribution in [2.24, 2.45) is 0 Å². The maximum atomic E-state index is 9.64. The Balaban J connectivity index is -0.0000000770. The third-order valence-corrected chi connectivity index (χ3v) is 0.536. The summed E-state index contributed by atoms with van der Waals surface area (Å²) in [4.78, 5) is 9.64. The Morgan fingerprint density at radius 2 is 1.60 bits per heavy atom. The third-order valence-electron chi connectivity index (χ3n) is 0.536. The summed E-state index contributed by atoms with van der Waals surface area (Å²) in [5.74, 6) is -1.16. The van der Waals surface area contributed by atoms with Gasteiger partial charge in [0, 0.05) is 0 Å². The molecule has 0 heterocycles. The van der Waals surface area contributed by atoms with Crippen LogP contribution in [0.3, 0.4) is 0 Å². The van der Waals surface area contributed by atoms with Gasteiger partial charge in [-0.3, -0.25) is 4.55 Å². The van der Waals surface area contributed by atoms with Crippen LogP contribution in [0.15, 0.2) is 24.3 Å². The number of carbonyl (C=O) groups is 1. The van der Waals surface area contributed by atoms with Crippen molar-refractivity contribution in [2.75, 3.05) is 0 Å². The van der Waals surface area contributed by atoms with Crippen molar-refractivity contribution in [2.45, 2.75) is 6.92 Å². The first-order valence-electron chi connectivity index (χ1n) is 2.96. The van der Waals surface area contributed by atoms with Gasteiger partial charge >= 0.3 is 103 Å². The summed E-state index contributed by atoms with van der Waals surface area (Å²) in [5, 5.41) is 9.64. The number of aliphatic carboxylic acids is 1. The quantitative estimate of drug-likeness (QED) is 0.177. The van der Waals surface area contributed by atoms with Crippen LogP contribution in [0.4, 0.5) is 0 Å². The molecule has 0 spiro atoms. The summed E-state index contributed by atoms with van der Waals surface area (Å²) < 4.78 is 32.8. The molecule has 76 valence electrons. The first-order valence-corrected chi connectivity index (χ1v) is 4.32. The van der Waals surface area contributed by atoms with Crippen molar-refractivity contribution >= 4 is 16.4 Å². The van der Waals surface area contributed by atoms with Crippen molar-refractivity contribution in [3.8, 4) is 0 Å². The van der Waals surface area contributed by atoms with E-state index < -0.39 is 16.4 Å². The fourth-order valence-electron chi connectivity index (χ4n) is 0.245. The molecule has 0 saturated carbocycles. The minimum absolute atomic E-state index is 0. The molecule has 0 unspecified atom stereocenters. The van der Waals surface area contributed by atoms with E-state index in [-0.39, 0.29) is 103 Å². The molecule has 0 aromatic rings. The molecule has 15 heavy (non-hydrogen) atoms. The van der Waals surface area contributed by atoms with E-state index in [9.17, 15) is 9.90 Å². The number of carboxylic acids is 1. The largest absolute Gasteiger partial charge is 1.00 e. The van der Waals surface area contributed by atoms with Gasteiger partial charge in [-0.25, -0.2) is 8.42 Å². The van der Waals surface area contributed by atoms with Gasteiger partial charge in [0.15, 0.2) is 0 Å². The minimum Gasteiger partial charge on any atom is -0.726 e. The molecular formula is C6H8K2O6S. The average molecular weight is 286 g/mol. The minimum atomic E-state index is -4.92. The van der Waals surface area contributed by atoms with Crippen molar-refractivity contribution in [3.63, 3.8) is 0 Å². The van der Waals surface area contributed by atoms with E-state index in [1.165, 1.54) is 6.08 Å². The maximum Gasteiger partial charge on any atom is 1.00 e. The number of carbonyl (C=O) groups excluding carboxylic acids is 1. The van der Waals surface area contributed by atoms with Gasteiger partial charge in [0.25, 0.3) is 0 Å². The van der Waals surface area contributed by atoms with Gasteiger partial charge in [-0.1, -0.05) is 18.2 Å². The Hall–Kier alpha value is 2.09. The van der Waals surface area contributed by atoms with E-state index in [1.54, 1.807) is 19.1 Å². The van der Waals surface area contributed by atoms with E-state index in [4.69, 9.17) is 17.5 Å². The second-order valence-corrected chi connectivity index (χ2v) is 2.49. The monoisotopic (exact) mass is 286 g/mol. The van der Waals surface area contributed by atoms with Crippen molar-refractivity contribution in [3.05, 3.63) is 24.3 Å². The Kier molecular flexibility index (Phi) is 27.7. The standard InChI is InChI=1S/C6H8O2.2K.H2O4S/c1-2-3-4-5-6(7)8;;;1-5(2,3)4/h2-5H,1H3,(H,7,8);;;(H2,1,2,3,4)/q;2*+1;/p-2. The Morgan fingerprint density at radius 1 is 1.27 bits per heavy atom. The Morgan fingerprint density at radius 3 is 1.80 bits per heavy atom. The van der Waals surface area contributed by atoms with Crippen LogP contribution in [0.2, 0.25) is 0 Å². The average Bonchev–Trinajstić information content (AvgIpc) is 1.83. The Bertz CT molecular complexity index is 287. The van der Waals surface area contributed by atoms with Gasteiger partial charge in [-0.15, -0.1) is 0 Å². The van der Waals surface area contributed by atoms with E-state index in [1.807, 2.05) is 0 Å². The molecule has 0 bridgehead atoms. The first kappa shape index (κ1) is 25.8. The van der Waals surface area contributed by atoms with Crippen molar-refractivity contribution in [1.82, 2.24) is 0 Å². The molecule has 0 saturated heterocycles. The summed E-state index contributed by atoms with van der Waals surface area (Å²) in [5.41, 5.74) is 0. The van der Waals surface area contributed by atoms with Crippen molar-refractivity contribution in [1.29, 1.82) is 0 Å². The van der Waals surface area contributed by atoms with E-state index >= 15 is 0 Å². The molecule has 9 heteroatoms. The van der Waals surface area contributed by atoms with Crippen LogP contribution in [-0.2, 0) is 15.2 Å². The van der Waals surface area contributed by atoms with Crippen LogP contribution in [0, 0.1) is 0 Å². The van der Waals surface area contributed by atoms with Crippen LogP contribution < -0.4 is 108 Å². The van der Waals surface area contributed by atoms with Crippen LogP contribution >= 0.6 is 0 Å². The van der Waals surface area contributed by atoms with Gasteiger partial charge in [0.05, 0.1) is 5.97 Å². The molecular weight excluding hydrogens is 278 g/mol. The molecule has 0 fully saturated rings.